The maximum Gasteiger partial charge on any atom is 0.342 e. The summed E-state index contributed by atoms with van der Waals surface area (Å²) in [7, 11) is -4.11. The molecule has 5 nitrogen and oxygen atoms in total. The summed E-state index contributed by atoms with van der Waals surface area (Å²) in [4.78, 5) is 13.8. The Morgan fingerprint density at radius 3 is 2.37 bits per heavy atom. The molecular weight excluding hydrogens is 420 g/mol. The predicted octanol–water partition coefficient (Wildman–Crippen LogP) is 5.15. The van der Waals surface area contributed by atoms with Gasteiger partial charge in [-0.2, -0.15) is 8.42 Å². The van der Waals surface area contributed by atoms with Crippen molar-refractivity contribution in [2.75, 3.05) is 6.26 Å². The fraction of sp³-hybridized carbons (Fsp3) is 0.174. The van der Waals surface area contributed by atoms with E-state index >= 15 is 0 Å². The van der Waals surface area contributed by atoms with Crippen LogP contribution in [0.1, 0.15) is 27.0 Å². The number of hydrogen-bond donors (Lipinski definition) is 0. The van der Waals surface area contributed by atoms with Crippen molar-refractivity contribution in [2.45, 2.75) is 30.2 Å². The van der Waals surface area contributed by atoms with E-state index in [1.807, 2.05) is 36.6 Å². The van der Waals surface area contributed by atoms with Gasteiger partial charge in [0.25, 0.3) is 0 Å². The molecular formula is C23H22O5S2. The number of ether oxygens (including phenoxy) is 1. The molecule has 0 saturated heterocycles. The van der Waals surface area contributed by atoms with Crippen molar-refractivity contribution in [3.8, 4) is 5.75 Å². The highest BCUT2D eigenvalue weighted by atomic mass is 32.2. The van der Waals surface area contributed by atoms with Crippen LogP contribution >= 0.6 is 11.8 Å². The van der Waals surface area contributed by atoms with Gasteiger partial charge in [0.2, 0.25) is 0 Å². The van der Waals surface area contributed by atoms with Crippen LogP contribution in [0.25, 0.3) is 0 Å². The quantitative estimate of drug-likeness (QED) is 0.286. The lowest BCUT2D eigenvalue weighted by Crippen LogP contribution is -2.15. The third-order valence-electron chi connectivity index (χ3n) is 4.45. The van der Waals surface area contributed by atoms with Crippen LogP contribution in [0.2, 0.25) is 0 Å². The summed E-state index contributed by atoms with van der Waals surface area (Å²) >= 11 is 1.62. The van der Waals surface area contributed by atoms with Crippen LogP contribution in [-0.4, -0.2) is 20.6 Å². The van der Waals surface area contributed by atoms with Gasteiger partial charge in [-0.3, -0.25) is 0 Å². The Hall–Kier alpha value is -2.77. The number of carbonyl (C=O) groups is 1. The van der Waals surface area contributed by atoms with E-state index in [4.69, 9.17) is 8.92 Å². The smallest absolute Gasteiger partial charge is 0.342 e. The van der Waals surface area contributed by atoms with Crippen molar-refractivity contribution in [1.29, 1.82) is 0 Å². The second-order valence-electron chi connectivity index (χ2n) is 6.73. The minimum atomic E-state index is -4.11. The van der Waals surface area contributed by atoms with Gasteiger partial charge >= 0.3 is 16.1 Å². The first-order chi connectivity index (χ1) is 14.3. The molecule has 0 atom stereocenters. The fourth-order valence-corrected chi connectivity index (χ4v) is 4.47. The number of para-hydroxylation sites is 1. The number of aryl methyl sites for hydroxylation is 2. The van der Waals surface area contributed by atoms with Gasteiger partial charge in [0, 0.05) is 4.90 Å². The molecule has 0 aliphatic rings. The number of carbonyl (C=O) groups excluding carboxylic acids is 1. The molecule has 0 fully saturated rings. The molecule has 0 unspecified atom stereocenters. The SMILES string of the molecule is CSc1ccc(COC(=O)c2ccccc2OS(=O)(=O)c2cc(C)ccc2C)cc1. The molecule has 30 heavy (non-hydrogen) atoms. The first kappa shape index (κ1) is 21.9. The molecule has 0 aliphatic heterocycles. The summed E-state index contributed by atoms with van der Waals surface area (Å²) in [5.74, 6) is -0.725. The van der Waals surface area contributed by atoms with E-state index in [1.165, 1.54) is 12.1 Å². The lowest BCUT2D eigenvalue weighted by Gasteiger charge is -2.13. The van der Waals surface area contributed by atoms with Gasteiger partial charge in [0.15, 0.2) is 5.75 Å². The van der Waals surface area contributed by atoms with Crippen LogP contribution in [0.5, 0.6) is 5.75 Å². The molecule has 0 aliphatic carbocycles. The summed E-state index contributed by atoms with van der Waals surface area (Å²) < 4.78 is 36.3. The largest absolute Gasteiger partial charge is 0.457 e. The number of esters is 1. The van der Waals surface area contributed by atoms with E-state index in [1.54, 1.807) is 49.9 Å². The molecule has 0 bridgehead atoms. The molecule has 0 radical (unpaired) electrons. The van der Waals surface area contributed by atoms with Gasteiger partial charge in [-0.15, -0.1) is 11.8 Å². The van der Waals surface area contributed by atoms with Crippen LogP contribution in [0.3, 0.4) is 0 Å². The monoisotopic (exact) mass is 442 g/mol. The highest BCUT2D eigenvalue weighted by Crippen LogP contribution is 2.26. The van der Waals surface area contributed by atoms with Crippen LogP contribution in [0.15, 0.2) is 76.5 Å². The van der Waals surface area contributed by atoms with Crippen molar-refractivity contribution in [3.05, 3.63) is 89.0 Å². The summed E-state index contributed by atoms with van der Waals surface area (Å²) in [6.45, 7) is 3.57. The molecule has 7 heteroatoms. The van der Waals surface area contributed by atoms with E-state index in [9.17, 15) is 13.2 Å². The van der Waals surface area contributed by atoms with Gasteiger partial charge in [-0.05, 0) is 67.1 Å². The molecule has 0 aromatic heterocycles. The lowest BCUT2D eigenvalue weighted by molar-refractivity contribution is 0.0470. The first-order valence-corrected chi connectivity index (χ1v) is 11.8. The lowest BCUT2D eigenvalue weighted by atomic mass is 10.2. The highest BCUT2D eigenvalue weighted by Gasteiger charge is 2.23. The predicted molar refractivity (Wildman–Crippen MR) is 118 cm³/mol. The molecule has 156 valence electrons. The fourth-order valence-electron chi connectivity index (χ4n) is 2.80. The van der Waals surface area contributed by atoms with E-state index in [-0.39, 0.29) is 22.8 Å². The zero-order chi connectivity index (χ0) is 21.7. The Morgan fingerprint density at radius 1 is 0.967 bits per heavy atom. The Kier molecular flexibility index (Phi) is 6.84. The van der Waals surface area contributed by atoms with Crippen molar-refractivity contribution in [3.63, 3.8) is 0 Å². The summed E-state index contributed by atoms with van der Waals surface area (Å²) in [6.07, 6.45) is 1.98. The molecule has 0 spiro atoms. The van der Waals surface area contributed by atoms with Crippen LogP contribution in [0, 0.1) is 13.8 Å². The number of thioether (sulfide) groups is 1. The zero-order valence-corrected chi connectivity index (χ0v) is 18.5. The van der Waals surface area contributed by atoms with Crippen molar-refractivity contribution in [2.24, 2.45) is 0 Å². The Balaban J connectivity index is 1.79. The maximum absolute atomic E-state index is 12.8. The summed E-state index contributed by atoms with van der Waals surface area (Å²) in [5.41, 5.74) is 2.24. The van der Waals surface area contributed by atoms with E-state index in [0.29, 0.717) is 5.56 Å². The van der Waals surface area contributed by atoms with Crippen LogP contribution in [-0.2, 0) is 21.5 Å². The Morgan fingerprint density at radius 2 is 1.67 bits per heavy atom. The van der Waals surface area contributed by atoms with E-state index in [2.05, 4.69) is 0 Å². The zero-order valence-electron chi connectivity index (χ0n) is 16.9. The third-order valence-corrected chi connectivity index (χ3v) is 6.57. The molecule has 3 rings (SSSR count). The standard InChI is InChI=1S/C23H22O5S2/c1-16-8-9-17(2)22(14-16)30(25,26)28-21-7-5-4-6-20(21)23(24)27-15-18-10-12-19(29-3)13-11-18/h4-14H,15H2,1-3H3. The van der Waals surface area contributed by atoms with Crippen LogP contribution < -0.4 is 4.18 Å². The molecule has 0 N–H and O–H groups in total. The average Bonchev–Trinajstić information content (AvgIpc) is 2.74. The normalized spacial score (nSPS) is 11.2. The van der Waals surface area contributed by atoms with Gasteiger partial charge < -0.3 is 8.92 Å². The molecule has 0 saturated carbocycles. The first-order valence-electron chi connectivity index (χ1n) is 9.21. The molecule has 3 aromatic carbocycles. The van der Waals surface area contributed by atoms with Crippen molar-refractivity contribution >= 4 is 27.8 Å². The second-order valence-corrected chi connectivity index (χ2v) is 9.12. The Bertz CT molecular complexity index is 1150. The van der Waals surface area contributed by atoms with Crippen molar-refractivity contribution in [1.82, 2.24) is 0 Å². The van der Waals surface area contributed by atoms with Gasteiger partial charge in [0.05, 0.1) is 0 Å². The van der Waals surface area contributed by atoms with E-state index < -0.39 is 16.1 Å². The Labute approximate surface area is 181 Å². The van der Waals surface area contributed by atoms with E-state index in [0.717, 1.165) is 16.0 Å². The van der Waals surface area contributed by atoms with Crippen molar-refractivity contribution < 1.29 is 22.1 Å². The van der Waals surface area contributed by atoms with Gasteiger partial charge in [-0.25, -0.2) is 4.79 Å². The minimum Gasteiger partial charge on any atom is -0.457 e. The number of rotatable bonds is 7. The minimum absolute atomic E-state index is 0.0483. The molecule has 0 heterocycles. The number of hydrogen-bond acceptors (Lipinski definition) is 6. The maximum atomic E-state index is 12.8. The average molecular weight is 443 g/mol. The summed E-state index contributed by atoms with van der Waals surface area (Å²) in [5, 5.41) is 0. The summed E-state index contributed by atoms with van der Waals surface area (Å²) in [6, 6.07) is 18.9. The van der Waals surface area contributed by atoms with Crippen LogP contribution in [0.4, 0.5) is 0 Å². The third kappa shape index (κ3) is 5.23. The topological polar surface area (TPSA) is 69.7 Å². The highest BCUT2D eigenvalue weighted by molar-refractivity contribution is 7.98. The van der Waals surface area contributed by atoms with Gasteiger partial charge in [-0.1, -0.05) is 36.4 Å². The molecule has 0 amide bonds. The second kappa shape index (κ2) is 9.36. The number of benzene rings is 3. The molecule has 3 aromatic rings. The van der Waals surface area contributed by atoms with Gasteiger partial charge in [0.1, 0.15) is 17.1 Å².